The Bertz CT molecular complexity index is 340. The molecule has 0 spiro atoms. The minimum Gasteiger partial charge on any atom is -0.394 e. The fourth-order valence-electron chi connectivity index (χ4n) is 0.979. The zero-order valence-corrected chi connectivity index (χ0v) is 9.56. The molecule has 0 radical (unpaired) electrons. The van der Waals surface area contributed by atoms with Gasteiger partial charge in [-0.3, -0.25) is 0 Å². The number of aliphatic hydroxyl groups is 1. The van der Waals surface area contributed by atoms with E-state index < -0.39 is 12.0 Å². The van der Waals surface area contributed by atoms with Crippen molar-refractivity contribution in [3.63, 3.8) is 0 Å². The SMILES string of the molecule is CC(C)C(CO)Nc1nc(C(F)(F)F)ns1. The summed E-state index contributed by atoms with van der Waals surface area (Å²) in [6.45, 7) is 3.53. The Morgan fingerprint density at radius 1 is 1.44 bits per heavy atom. The first-order valence-corrected chi connectivity index (χ1v) is 5.40. The van der Waals surface area contributed by atoms with Crippen LogP contribution in [-0.4, -0.2) is 27.1 Å². The molecular weight excluding hydrogens is 243 g/mol. The minimum absolute atomic E-state index is 0.0695. The van der Waals surface area contributed by atoms with Gasteiger partial charge in [-0.1, -0.05) is 13.8 Å². The van der Waals surface area contributed by atoms with Gasteiger partial charge in [0.2, 0.25) is 11.0 Å². The van der Waals surface area contributed by atoms with Gasteiger partial charge in [-0.2, -0.15) is 22.5 Å². The molecule has 0 aromatic carbocycles. The fourth-order valence-corrected chi connectivity index (χ4v) is 1.63. The monoisotopic (exact) mass is 255 g/mol. The highest BCUT2D eigenvalue weighted by Gasteiger charge is 2.36. The van der Waals surface area contributed by atoms with Crippen molar-refractivity contribution in [3.05, 3.63) is 5.82 Å². The van der Waals surface area contributed by atoms with Crippen LogP contribution in [0, 0.1) is 5.92 Å². The van der Waals surface area contributed by atoms with Gasteiger partial charge in [0.05, 0.1) is 12.6 Å². The molecule has 0 aliphatic heterocycles. The Hall–Kier alpha value is -0.890. The third-order valence-electron chi connectivity index (χ3n) is 1.99. The lowest BCUT2D eigenvalue weighted by molar-refractivity contribution is -0.144. The number of halogens is 3. The molecule has 1 aromatic rings. The lowest BCUT2D eigenvalue weighted by Crippen LogP contribution is -2.29. The average Bonchev–Trinajstić information content (AvgIpc) is 2.61. The number of aromatic nitrogens is 2. The summed E-state index contributed by atoms with van der Waals surface area (Å²) in [4.78, 5) is 3.31. The fraction of sp³-hybridized carbons (Fsp3) is 0.750. The molecule has 8 heteroatoms. The summed E-state index contributed by atoms with van der Waals surface area (Å²) in [5, 5.41) is 11.8. The summed E-state index contributed by atoms with van der Waals surface area (Å²) in [5.74, 6) is -1.07. The highest BCUT2D eigenvalue weighted by atomic mass is 32.1. The van der Waals surface area contributed by atoms with Crippen LogP contribution < -0.4 is 5.32 Å². The van der Waals surface area contributed by atoms with Gasteiger partial charge in [0, 0.05) is 11.5 Å². The van der Waals surface area contributed by atoms with Gasteiger partial charge in [0.1, 0.15) is 0 Å². The first kappa shape index (κ1) is 13.2. The molecule has 0 fully saturated rings. The van der Waals surface area contributed by atoms with Crippen LogP contribution in [0.15, 0.2) is 0 Å². The van der Waals surface area contributed by atoms with E-state index in [1.54, 1.807) is 0 Å². The van der Waals surface area contributed by atoms with Crippen LogP contribution in [0.3, 0.4) is 0 Å². The summed E-state index contributed by atoms with van der Waals surface area (Å²) in [6, 6.07) is -0.325. The van der Waals surface area contributed by atoms with Crippen molar-refractivity contribution >= 4 is 16.7 Å². The van der Waals surface area contributed by atoms with Crippen molar-refractivity contribution in [1.29, 1.82) is 0 Å². The number of nitrogens with zero attached hydrogens (tertiary/aromatic N) is 2. The summed E-state index contributed by atoms with van der Waals surface area (Å²) < 4.78 is 39.7. The Balaban J connectivity index is 2.72. The Kier molecular flexibility index (Phi) is 4.09. The van der Waals surface area contributed by atoms with Crippen LogP contribution in [0.5, 0.6) is 0 Å². The number of rotatable bonds is 4. The smallest absolute Gasteiger partial charge is 0.394 e. The van der Waals surface area contributed by atoms with Crippen LogP contribution >= 0.6 is 11.5 Å². The third-order valence-corrected chi connectivity index (χ3v) is 2.64. The van der Waals surface area contributed by atoms with Gasteiger partial charge in [0.25, 0.3) is 0 Å². The first-order chi connectivity index (χ1) is 7.34. The van der Waals surface area contributed by atoms with Gasteiger partial charge in [-0.15, -0.1) is 0 Å². The van der Waals surface area contributed by atoms with E-state index >= 15 is 0 Å². The zero-order chi connectivity index (χ0) is 12.3. The van der Waals surface area contributed by atoms with Crippen molar-refractivity contribution in [3.8, 4) is 0 Å². The molecule has 1 rings (SSSR count). The lowest BCUT2D eigenvalue weighted by Gasteiger charge is -2.18. The largest absolute Gasteiger partial charge is 0.452 e. The Labute approximate surface area is 94.7 Å². The third kappa shape index (κ3) is 3.31. The second-order valence-electron chi connectivity index (χ2n) is 3.60. The molecule has 0 saturated carbocycles. The molecule has 1 atom stereocenters. The topological polar surface area (TPSA) is 58.0 Å². The Morgan fingerprint density at radius 2 is 2.06 bits per heavy atom. The van der Waals surface area contributed by atoms with Crippen LogP contribution in [0.1, 0.15) is 19.7 Å². The predicted molar refractivity (Wildman–Crippen MR) is 54.2 cm³/mol. The number of hydrogen-bond donors (Lipinski definition) is 2. The van der Waals surface area contributed by atoms with E-state index in [0.29, 0.717) is 11.5 Å². The Morgan fingerprint density at radius 3 is 2.44 bits per heavy atom. The number of anilines is 1. The highest BCUT2D eigenvalue weighted by molar-refractivity contribution is 7.09. The normalized spacial score (nSPS) is 14.2. The average molecular weight is 255 g/mol. The maximum atomic E-state index is 12.2. The second-order valence-corrected chi connectivity index (χ2v) is 4.35. The molecule has 0 bridgehead atoms. The van der Waals surface area contributed by atoms with Crippen LogP contribution in [-0.2, 0) is 6.18 Å². The first-order valence-electron chi connectivity index (χ1n) is 4.63. The molecular formula is C8H12F3N3OS. The molecule has 16 heavy (non-hydrogen) atoms. The van der Waals surface area contributed by atoms with E-state index in [2.05, 4.69) is 14.7 Å². The summed E-state index contributed by atoms with van der Waals surface area (Å²) >= 11 is 0.634. The van der Waals surface area contributed by atoms with Crippen LogP contribution in [0.25, 0.3) is 0 Å². The van der Waals surface area contributed by atoms with Crippen molar-refractivity contribution < 1.29 is 18.3 Å². The molecule has 1 heterocycles. The minimum atomic E-state index is -4.52. The molecule has 0 amide bonds. The van der Waals surface area contributed by atoms with E-state index in [1.807, 2.05) is 13.8 Å². The zero-order valence-electron chi connectivity index (χ0n) is 8.75. The highest BCUT2D eigenvalue weighted by Crippen LogP contribution is 2.29. The van der Waals surface area contributed by atoms with E-state index in [4.69, 9.17) is 5.11 Å². The molecule has 1 unspecified atom stereocenters. The van der Waals surface area contributed by atoms with E-state index in [9.17, 15) is 13.2 Å². The summed E-state index contributed by atoms with van der Waals surface area (Å²) in [7, 11) is 0. The summed E-state index contributed by atoms with van der Waals surface area (Å²) in [6.07, 6.45) is -4.52. The van der Waals surface area contributed by atoms with Gasteiger partial charge < -0.3 is 10.4 Å². The van der Waals surface area contributed by atoms with Gasteiger partial charge >= 0.3 is 6.18 Å². The van der Waals surface area contributed by atoms with Crippen molar-refractivity contribution in [2.24, 2.45) is 5.92 Å². The summed E-state index contributed by atoms with van der Waals surface area (Å²) in [5.41, 5.74) is 0. The molecule has 92 valence electrons. The van der Waals surface area contributed by atoms with Gasteiger partial charge in [0.15, 0.2) is 0 Å². The number of aliphatic hydroxyl groups excluding tert-OH is 1. The quantitative estimate of drug-likeness (QED) is 0.863. The lowest BCUT2D eigenvalue weighted by atomic mass is 10.1. The van der Waals surface area contributed by atoms with Crippen LogP contribution in [0.4, 0.5) is 18.3 Å². The molecule has 1 aromatic heterocycles. The molecule has 4 nitrogen and oxygen atoms in total. The number of hydrogen-bond acceptors (Lipinski definition) is 5. The standard InChI is InChI=1S/C8H12F3N3OS/c1-4(2)5(3-15)12-7-13-6(14-16-7)8(9,10)11/h4-5,15H,3H2,1-2H3,(H,12,13,14). The maximum absolute atomic E-state index is 12.2. The van der Waals surface area contributed by atoms with Crippen molar-refractivity contribution in [1.82, 2.24) is 9.36 Å². The van der Waals surface area contributed by atoms with Crippen LogP contribution in [0.2, 0.25) is 0 Å². The van der Waals surface area contributed by atoms with Crippen molar-refractivity contribution in [2.75, 3.05) is 11.9 Å². The maximum Gasteiger partial charge on any atom is 0.452 e. The predicted octanol–water partition coefficient (Wildman–Crippen LogP) is 1.99. The van der Waals surface area contributed by atoms with E-state index in [1.165, 1.54) is 0 Å². The van der Waals surface area contributed by atoms with E-state index in [0.717, 1.165) is 0 Å². The van der Waals surface area contributed by atoms with E-state index in [-0.39, 0.29) is 23.7 Å². The van der Waals surface area contributed by atoms with Gasteiger partial charge in [-0.05, 0) is 5.92 Å². The molecule has 2 N–H and O–H groups in total. The van der Waals surface area contributed by atoms with Crippen molar-refractivity contribution in [2.45, 2.75) is 26.1 Å². The molecule has 0 aliphatic carbocycles. The number of alkyl halides is 3. The molecule has 0 aliphatic rings. The number of nitrogens with one attached hydrogen (secondary N) is 1. The molecule has 0 saturated heterocycles. The second kappa shape index (κ2) is 4.96. The van der Waals surface area contributed by atoms with Gasteiger partial charge in [-0.25, -0.2) is 0 Å².